The zero-order valence-electron chi connectivity index (χ0n) is 9.58. The molecule has 1 aromatic heterocycles. The molecule has 1 amide bonds. The number of nitrogens with one attached hydrogen (secondary N) is 1. The lowest BCUT2D eigenvalue weighted by atomic mass is 10.1. The molecule has 1 heterocycles. The summed E-state index contributed by atoms with van der Waals surface area (Å²) < 4.78 is 26.8. The SMILES string of the molecule is Cc1ccc(C(=O)Nc2ccncc2F)c(F)c1. The monoisotopic (exact) mass is 248 g/mol. The van der Waals surface area contributed by atoms with Crippen molar-refractivity contribution in [2.24, 2.45) is 0 Å². The van der Waals surface area contributed by atoms with Crippen molar-refractivity contribution < 1.29 is 13.6 Å². The second-order valence-corrected chi connectivity index (χ2v) is 3.79. The molecule has 0 unspecified atom stereocenters. The van der Waals surface area contributed by atoms with Gasteiger partial charge < -0.3 is 5.32 Å². The Hall–Kier alpha value is -2.30. The summed E-state index contributed by atoms with van der Waals surface area (Å²) in [6, 6.07) is 5.52. The van der Waals surface area contributed by atoms with Crippen molar-refractivity contribution in [1.29, 1.82) is 0 Å². The highest BCUT2D eigenvalue weighted by molar-refractivity contribution is 6.04. The largest absolute Gasteiger partial charge is 0.319 e. The van der Waals surface area contributed by atoms with E-state index in [1.165, 1.54) is 24.4 Å². The lowest BCUT2D eigenvalue weighted by molar-refractivity contribution is 0.102. The fourth-order valence-electron chi connectivity index (χ4n) is 1.47. The minimum absolute atomic E-state index is 0.0324. The summed E-state index contributed by atoms with van der Waals surface area (Å²) in [6.07, 6.45) is 2.31. The zero-order chi connectivity index (χ0) is 13.1. The summed E-state index contributed by atoms with van der Waals surface area (Å²) in [5.41, 5.74) is 0.547. The minimum Gasteiger partial charge on any atom is -0.319 e. The number of anilines is 1. The maximum absolute atomic E-state index is 13.5. The zero-order valence-corrected chi connectivity index (χ0v) is 9.58. The van der Waals surface area contributed by atoms with Gasteiger partial charge in [0.15, 0.2) is 5.82 Å². The van der Waals surface area contributed by atoms with E-state index in [0.717, 1.165) is 6.20 Å². The summed E-state index contributed by atoms with van der Waals surface area (Å²) >= 11 is 0. The van der Waals surface area contributed by atoms with Gasteiger partial charge in [0.05, 0.1) is 17.4 Å². The number of carbonyl (C=O) groups excluding carboxylic acids is 1. The van der Waals surface area contributed by atoms with E-state index < -0.39 is 17.5 Å². The predicted molar refractivity (Wildman–Crippen MR) is 63.3 cm³/mol. The molecule has 5 heteroatoms. The van der Waals surface area contributed by atoms with Gasteiger partial charge in [-0.25, -0.2) is 8.78 Å². The molecule has 0 bridgehead atoms. The number of benzene rings is 1. The van der Waals surface area contributed by atoms with Gasteiger partial charge in [0.25, 0.3) is 5.91 Å². The third kappa shape index (κ3) is 2.51. The summed E-state index contributed by atoms with van der Waals surface area (Å²) in [4.78, 5) is 15.3. The third-order valence-corrected chi connectivity index (χ3v) is 2.39. The van der Waals surface area contributed by atoms with Gasteiger partial charge in [-0.05, 0) is 30.7 Å². The molecule has 0 fully saturated rings. The number of aromatic nitrogens is 1. The normalized spacial score (nSPS) is 10.2. The van der Waals surface area contributed by atoms with Crippen LogP contribution in [-0.4, -0.2) is 10.9 Å². The molecule has 1 aromatic carbocycles. The first kappa shape index (κ1) is 12.2. The molecule has 1 N–H and O–H groups in total. The Morgan fingerprint density at radius 3 is 2.67 bits per heavy atom. The van der Waals surface area contributed by atoms with Gasteiger partial charge in [-0.15, -0.1) is 0 Å². The van der Waals surface area contributed by atoms with Crippen molar-refractivity contribution >= 4 is 11.6 Å². The van der Waals surface area contributed by atoms with E-state index in [1.54, 1.807) is 13.0 Å². The highest BCUT2D eigenvalue weighted by Crippen LogP contribution is 2.15. The van der Waals surface area contributed by atoms with E-state index in [2.05, 4.69) is 10.3 Å². The summed E-state index contributed by atoms with van der Waals surface area (Å²) in [5, 5.41) is 2.29. The Morgan fingerprint density at radius 1 is 1.22 bits per heavy atom. The Morgan fingerprint density at radius 2 is 2.00 bits per heavy atom. The Kier molecular flexibility index (Phi) is 3.32. The van der Waals surface area contributed by atoms with Crippen LogP contribution in [0, 0.1) is 18.6 Å². The van der Waals surface area contributed by atoms with Crippen LogP contribution in [0.1, 0.15) is 15.9 Å². The molecule has 0 saturated carbocycles. The number of rotatable bonds is 2. The first-order valence-corrected chi connectivity index (χ1v) is 5.25. The molecule has 0 spiro atoms. The van der Waals surface area contributed by atoms with E-state index in [1.807, 2.05) is 0 Å². The number of amides is 1. The molecule has 0 saturated heterocycles. The van der Waals surface area contributed by atoms with Gasteiger partial charge in [0.1, 0.15) is 5.82 Å². The molecule has 0 radical (unpaired) electrons. The number of carbonyl (C=O) groups is 1. The van der Waals surface area contributed by atoms with Crippen molar-refractivity contribution in [2.45, 2.75) is 6.92 Å². The summed E-state index contributed by atoms with van der Waals surface area (Å²) in [5.74, 6) is -2.00. The Labute approximate surface area is 102 Å². The highest BCUT2D eigenvalue weighted by Gasteiger charge is 2.13. The van der Waals surface area contributed by atoms with Gasteiger partial charge in [-0.1, -0.05) is 6.07 Å². The van der Waals surface area contributed by atoms with Crippen molar-refractivity contribution in [3.8, 4) is 0 Å². The second-order valence-electron chi connectivity index (χ2n) is 3.79. The molecule has 0 atom stereocenters. The average molecular weight is 248 g/mol. The lowest BCUT2D eigenvalue weighted by Gasteiger charge is -2.07. The quantitative estimate of drug-likeness (QED) is 0.887. The second kappa shape index (κ2) is 4.91. The lowest BCUT2D eigenvalue weighted by Crippen LogP contribution is -2.14. The van der Waals surface area contributed by atoms with Crippen LogP contribution in [0.15, 0.2) is 36.7 Å². The molecule has 3 nitrogen and oxygen atoms in total. The van der Waals surface area contributed by atoms with E-state index in [4.69, 9.17) is 0 Å². The number of halogens is 2. The van der Waals surface area contributed by atoms with E-state index in [0.29, 0.717) is 5.56 Å². The van der Waals surface area contributed by atoms with Crippen molar-refractivity contribution in [3.05, 3.63) is 59.4 Å². The maximum atomic E-state index is 13.5. The van der Waals surface area contributed by atoms with Crippen molar-refractivity contribution in [1.82, 2.24) is 4.98 Å². The fourth-order valence-corrected chi connectivity index (χ4v) is 1.47. The standard InChI is InChI=1S/C13H10F2N2O/c1-8-2-3-9(10(14)6-8)13(18)17-12-4-5-16-7-11(12)15/h2-7H,1H3,(H,16,17,18). The number of hydrogen-bond donors (Lipinski definition) is 1. The highest BCUT2D eigenvalue weighted by atomic mass is 19.1. The predicted octanol–water partition coefficient (Wildman–Crippen LogP) is 2.92. The molecule has 18 heavy (non-hydrogen) atoms. The van der Waals surface area contributed by atoms with E-state index in [-0.39, 0.29) is 11.3 Å². The molecular weight excluding hydrogens is 238 g/mol. The first-order chi connectivity index (χ1) is 8.58. The van der Waals surface area contributed by atoms with Crippen LogP contribution in [0.2, 0.25) is 0 Å². The average Bonchev–Trinajstić information content (AvgIpc) is 2.32. The number of pyridine rings is 1. The molecule has 92 valence electrons. The number of hydrogen-bond acceptors (Lipinski definition) is 2. The van der Waals surface area contributed by atoms with Crippen LogP contribution in [0.4, 0.5) is 14.5 Å². The van der Waals surface area contributed by atoms with Crippen molar-refractivity contribution in [3.63, 3.8) is 0 Å². The fraction of sp³-hybridized carbons (Fsp3) is 0.0769. The minimum atomic E-state index is -0.697. The van der Waals surface area contributed by atoms with Gasteiger partial charge in [-0.2, -0.15) is 0 Å². The van der Waals surface area contributed by atoms with Gasteiger partial charge >= 0.3 is 0 Å². The summed E-state index contributed by atoms with van der Waals surface area (Å²) in [6.45, 7) is 1.72. The van der Waals surface area contributed by atoms with Crippen LogP contribution < -0.4 is 5.32 Å². The summed E-state index contributed by atoms with van der Waals surface area (Å²) in [7, 11) is 0. The number of aryl methyl sites for hydroxylation is 1. The molecule has 0 aliphatic rings. The van der Waals surface area contributed by atoms with Crippen LogP contribution >= 0.6 is 0 Å². The van der Waals surface area contributed by atoms with E-state index in [9.17, 15) is 13.6 Å². The van der Waals surface area contributed by atoms with Gasteiger partial charge in [-0.3, -0.25) is 9.78 Å². The Balaban J connectivity index is 2.25. The molecule has 2 rings (SSSR count). The molecule has 0 aliphatic heterocycles. The maximum Gasteiger partial charge on any atom is 0.258 e. The molecular formula is C13H10F2N2O. The molecule has 2 aromatic rings. The first-order valence-electron chi connectivity index (χ1n) is 5.25. The van der Waals surface area contributed by atoms with Gasteiger partial charge in [0, 0.05) is 6.20 Å². The van der Waals surface area contributed by atoms with Crippen LogP contribution in [-0.2, 0) is 0 Å². The Bertz CT molecular complexity index is 599. The number of nitrogens with zero attached hydrogens (tertiary/aromatic N) is 1. The van der Waals surface area contributed by atoms with Gasteiger partial charge in [0.2, 0.25) is 0 Å². The van der Waals surface area contributed by atoms with E-state index >= 15 is 0 Å². The van der Waals surface area contributed by atoms with Crippen LogP contribution in [0.3, 0.4) is 0 Å². The smallest absolute Gasteiger partial charge is 0.258 e. The topological polar surface area (TPSA) is 42.0 Å². The van der Waals surface area contributed by atoms with Crippen LogP contribution in [0.5, 0.6) is 0 Å². The molecule has 0 aliphatic carbocycles. The third-order valence-electron chi connectivity index (χ3n) is 2.39. The van der Waals surface area contributed by atoms with Crippen molar-refractivity contribution in [2.75, 3.05) is 5.32 Å². The van der Waals surface area contributed by atoms with Crippen LogP contribution in [0.25, 0.3) is 0 Å².